The maximum atomic E-state index is 11.4. The summed E-state index contributed by atoms with van der Waals surface area (Å²) in [6.45, 7) is 4.64. The lowest BCUT2D eigenvalue weighted by molar-refractivity contribution is -0.0790. The molecule has 6 atom stereocenters. The number of aliphatic hydroxyl groups is 1. The van der Waals surface area contributed by atoms with Crippen molar-refractivity contribution < 1.29 is 10.2 Å². The summed E-state index contributed by atoms with van der Waals surface area (Å²) in [5, 5.41) is 21.3. The Hall–Kier alpha value is -0.260. The lowest BCUT2D eigenvalue weighted by Crippen LogP contribution is -2.51. The van der Waals surface area contributed by atoms with Gasteiger partial charge >= 0.3 is 0 Å². The minimum atomic E-state index is -0.782. The average molecular weight is 473 g/mol. The highest BCUT2D eigenvalue weighted by Gasteiger charge is 2.61. The molecular weight excluding hydrogens is 447 g/mol. The van der Waals surface area contributed by atoms with Crippen molar-refractivity contribution in [3.63, 3.8) is 0 Å². The summed E-state index contributed by atoms with van der Waals surface area (Å²) in [7, 11) is 0. The Kier molecular flexibility index (Phi) is 4.45. The quantitative estimate of drug-likeness (QED) is 0.512. The molecule has 0 aromatic heterocycles. The number of phenolic OH excluding ortho intramolecular Hbond substituents is 1. The summed E-state index contributed by atoms with van der Waals surface area (Å²) in [6, 6.07) is 5.93. The largest absolute Gasteiger partial charge is 0.508 e. The third-order valence-corrected chi connectivity index (χ3v) is 8.04. The molecule has 1 aromatic carbocycles. The van der Waals surface area contributed by atoms with Gasteiger partial charge in [-0.2, -0.15) is 0 Å². The van der Waals surface area contributed by atoms with Crippen molar-refractivity contribution in [1.82, 2.24) is 0 Å². The predicted octanol–water partition coefficient (Wildman–Crippen LogP) is 5.74. The highest BCUT2D eigenvalue weighted by Crippen LogP contribution is 2.65. The second-order valence-electron chi connectivity index (χ2n) is 8.71. The Balaban J connectivity index is 1.74. The second-order valence-corrected chi connectivity index (χ2v) is 10.9. The van der Waals surface area contributed by atoms with Gasteiger partial charge in [0.25, 0.3) is 0 Å². The van der Waals surface area contributed by atoms with Crippen molar-refractivity contribution in [3.8, 4) is 5.75 Å². The van der Waals surface area contributed by atoms with E-state index in [1.54, 1.807) is 0 Å². The molecule has 4 rings (SSSR count). The van der Waals surface area contributed by atoms with Gasteiger partial charge in [0, 0.05) is 5.41 Å². The van der Waals surface area contributed by atoms with Crippen LogP contribution in [0.3, 0.4) is 0 Å². The molecule has 2 nitrogen and oxygen atoms in total. The minimum Gasteiger partial charge on any atom is -0.508 e. The molecular formula is C21H26ClIO2. The number of halogens is 2. The summed E-state index contributed by atoms with van der Waals surface area (Å²) in [6.07, 6.45) is 6.94. The summed E-state index contributed by atoms with van der Waals surface area (Å²) < 4.78 is 0.668. The van der Waals surface area contributed by atoms with E-state index in [4.69, 9.17) is 11.6 Å². The standard InChI is InChI=1S/C21H26ClIO2/c1-12-9-13-10-14(24)3-4-15(13)16-5-7-20(2)17(19(12)16)6-8-21(20,25)11-18(22)23/h3-4,10-12,16-17,19,24-25H,5-9H2,1-2H3/b18-11+/t12-,16-,17+,19-,20+,21-/m1/s1. The van der Waals surface area contributed by atoms with E-state index in [-0.39, 0.29) is 5.41 Å². The molecule has 0 amide bonds. The highest BCUT2D eigenvalue weighted by molar-refractivity contribution is 14.1. The number of phenols is 1. The summed E-state index contributed by atoms with van der Waals surface area (Å²) in [5.41, 5.74) is 1.87. The molecule has 25 heavy (non-hydrogen) atoms. The average Bonchev–Trinajstić information content (AvgIpc) is 2.77. The van der Waals surface area contributed by atoms with Gasteiger partial charge in [0.15, 0.2) is 0 Å². The maximum absolute atomic E-state index is 11.4. The zero-order valence-electron chi connectivity index (χ0n) is 14.8. The summed E-state index contributed by atoms with van der Waals surface area (Å²) in [4.78, 5) is 0. The van der Waals surface area contributed by atoms with Gasteiger partial charge in [-0.25, -0.2) is 0 Å². The molecule has 0 radical (unpaired) electrons. The van der Waals surface area contributed by atoms with Crippen LogP contribution in [0, 0.1) is 23.2 Å². The second kappa shape index (κ2) is 6.13. The zero-order valence-corrected chi connectivity index (χ0v) is 17.7. The van der Waals surface area contributed by atoms with E-state index in [0.29, 0.717) is 32.5 Å². The fraction of sp³-hybridized carbons (Fsp3) is 0.619. The van der Waals surface area contributed by atoms with Crippen molar-refractivity contribution >= 4 is 34.2 Å². The van der Waals surface area contributed by atoms with Gasteiger partial charge in [0.2, 0.25) is 0 Å². The van der Waals surface area contributed by atoms with Crippen LogP contribution in [0.2, 0.25) is 0 Å². The number of hydrogen-bond acceptors (Lipinski definition) is 2. The van der Waals surface area contributed by atoms with E-state index >= 15 is 0 Å². The number of aromatic hydroxyl groups is 1. The molecule has 136 valence electrons. The number of benzene rings is 1. The van der Waals surface area contributed by atoms with Crippen LogP contribution in [0.1, 0.15) is 56.6 Å². The molecule has 2 N–H and O–H groups in total. The van der Waals surface area contributed by atoms with E-state index in [0.717, 1.165) is 32.1 Å². The molecule has 3 aliphatic carbocycles. The van der Waals surface area contributed by atoms with Crippen LogP contribution in [-0.2, 0) is 6.42 Å². The van der Waals surface area contributed by atoms with Crippen LogP contribution in [0.4, 0.5) is 0 Å². The molecule has 0 bridgehead atoms. The van der Waals surface area contributed by atoms with E-state index in [9.17, 15) is 10.2 Å². The Labute approximate surface area is 168 Å². The van der Waals surface area contributed by atoms with Crippen LogP contribution in [0.15, 0.2) is 27.3 Å². The van der Waals surface area contributed by atoms with E-state index < -0.39 is 5.60 Å². The fourth-order valence-corrected chi connectivity index (χ4v) is 7.13. The first kappa shape index (κ1) is 18.1. The van der Waals surface area contributed by atoms with Crippen molar-refractivity contribution in [1.29, 1.82) is 0 Å². The summed E-state index contributed by atoms with van der Waals surface area (Å²) in [5.74, 6) is 2.63. The lowest BCUT2D eigenvalue weighted by atomic mass is 9.51. The molecule has 4 heteroatoms. The molecule has 1 aromatic rings. The Bertz CT molecular complexity index is 729. The molecule has 0 aliphatic heterocycles. The van der Waals surface area contributed by atoms with Crippen LogP contribution < -0.4 is 0 Å². The maximum Gasteiger partial charge on any atom is 0.115 e. The van der Waals surface area contributed by atoms with E-state index in [2.05, 4.69) is 42.5 Å². The molecule has 0 saturated heterocycles. The van der Waals surface area contributed by atoms with Crippen molar-refractivity contribution in [2.75, 3.05) is 0 Å². The normalized spacial score (nSPS) is 43.3. The van der Waals surface area contributed by atoms with Crippen molar-refractivity contribution in [2.24, 2.45) is 23.2 Å². The number of hydrogen-bond donors (Lipinski definition) is 2. The lowest BCUT2D eigenvalue weighted by Gasteiger charge is -2.54. The van der Waals surface area contributed by atoms with Gasteiger partial charge in [0.1, 0.15) is 5.75 Å². The first-order valence-corrected chi connectivity index (χ1v) is 10.8. The van der Waals surface area contributed by atoms with E-state index in [1.807, 2.05) is 18.2 Å². The predicted molar refractivity (Wildman–Crippen MR) is 110 cm³/mol. The molecule has 2 fully saturated rings. The molecule has 0 heterocycles. The van der Waals surface area contributed by atoms with Crippen LogP contribution >= 0.6 is 34.2 Å². The van der Waals surface area contributed by atoms with Gasteiger partial charge < -0.3 is 10.2 Å². The third kappa shape index (κ3) is 2.68. The smallest absolute Gasteiger partial charge is 0.115 e. The molecule has 3 aliphatic rings. The van der Waals surface area contributed by atoms with Gasteiger partial charge in [-0.3, -0.25) is 0 Å². The van der Waals surface area contributed by atoms with Crippen LogP contribution in [0.25, 0.3) is 0 Å². The summed E-state index contributed by atoms with van der Waals surface area (Å²) >= 11 is 8.25. The first-order valence-electron chi connectivity index (χ1n) is 9.33. The number of rotatable bonds is 1. The Morgan fingerprint density at radius 1 is 1.32 bits per heavy atom. The van der Waals surface area contributed by atoms with Gasteiger partial charge in [-0.05, 0) is 108 Å². The Morgan fingerprint density at radius 2 is 2.08 bits per heavy atom. The minimum absolute atomic E-state index is 0.0951. The Morgan fingerprint density at radius 3 is 2.80 bits per heavy atom. The SMILES string of the molecule is C[C@@H]1Cc2cc(O)ccc2[C@H]2CC[C@@]3(C)[C@@H](CC[C@@]3(O)/C=C(\Cl)I)[C@H]12. The zero-order chi connectivity index (χ0) is 18.0. The highest BCUT2D eigenvalue weighted by atomic mass is 127. The van der Waals surface area contributed by atoms with Gasteiger partial charge in [0.05, 0.1) is 8.64 Å². The number of fused-ring (bicyclic) bond motifs is 5. The van der Waals surface area contributed by atoms with Crippen molar-refractivity contribution in [2.45, 2.75) is 57.5 Å². The van der Waals surface area contributed by atoms with Crippen molar-refractivity contribution in [3.05, 3.63) is 38.4 Å². The third-order valence-electron chi connectivity index (χ3n) is 7.62. The molecule has 0 spiro atoms. The van der Waals surface area contributed by atoms with Crippen LogP contribution in [-0.4, -0.2) is 15.8 Å². The molecule has 2 saturated carbocycles. The van der Waals surface area contributed by atoms with E-state index in [1.165, 1.54) is 11.1 Å². The van der Waals surface area contributed by atoms with Crippen LogP contribution in [0.5, 0.6) is 5.75 Å². The topological polar surface area (TPSA) is 40.5 Å². The first-order chi connectivity index (χ1) is 11.7. The van der Waals surface area contributed by atoms with Gasteiger partial charge in [-0.1, -0.05) is 31.5 Å². The fourth-order valence-electron chi connectivity index (χ4n) is 6.44. The monoisotopic (exact) mass is 472 g/mol. The van der Waals surface area contributed by atoms with Gasteiger partial charge in [-0.15, -0.1) is 0 Å². The molecule has 0 unspecified atom stereocenters.